The van der Waals surface area contributed by atoms with E-state index in [1.54, 1.807) is 17.8 Å². The number of hydrogen-bond acceptors (Lipinski definition) is 6. The number of anilines is 1. The number of para-hydroxylation sites is 1. The van der Waals surface area contributed by atoms with Crippen molar-refractivity contribution in [2.45, 2.75) is 19.9 Å². The van der Waals surface area contributed by atoms with E-state index in [0.717, 1.165) is 50.9 Å². The van der Waals surface area contributed by atoms with Gasteiger partial charge in [-0.25, -0.2) is 4.98 Å². The molecule has 0 amide bonds. The number of nitrogen functional groups attached to an aromatic ring is 1. The topological polar surface area (TPSA) is 81.6 Å². The summed E-state index contributed by atoms with van der Waals surface area (Å²) in [4.78, 5) is 11.9. The predicted molar refractivity (Wildman–Crippen MR) is 123 cm³/mol. The Hall–Kier alpha value is -2.55. The zero-order chi connectivity index (χ0) is 21.3. The normalized spacial score (nSPS) is 12.8. The van der Waals surface area contributed by atoms with E-state index in [9.17, 15) is 0 Å². The van der Waals surface area contributed by atoms with Crippen LogP contribution in [0.4, 0.5) is 5.82 Å². The summed E-state index contributed by atoms with van der Waals surface area (Å²) in [5.41, 5.74) is 10.9. The molecule has 0 saturated carbocycles. The second-order valence-corrected chi connectivity index (χ2v) is 8.00. The molecule has 30 heavy (non-hydrogen) atoms. The molecule has 0 aliphatic heterocycles. The lowest BCUT2D eigenvalue weighted by molar-refractivity contribution is 0.127. The lowest BCUT2D eigenvalue weighted by Gasteiger charge is -2.28. The number of hydrogen-bond donors (Lipinski definition) is 1. The molecule has 7 nitrogen and oxygen atoms in total. The zero-order valence-electron chi connectivity index (χ0n) is 17.3. The number of halogens is 1. The Morgan fingerprint density at radius 3 is 2.83 bits per heavy atom. The van der Waals surface area contributed by atoms with Crippen molar-refractivity contribution in [1.82, 2.24) is 24.5 Å². The van der Waals surface area contributed by atoms with Crippen LogP contribution < -0.4 is 5.73 Å². The van der Waals surface area contributed by atoms with Crippen molar-refractivity contribution < 1.29 is 4.74 Å². The highest BCUT2D eigenvalue weighted by Crippen LogP contribution is 2.34. The molecule has 3 heterocycles. The maximum Gasteiger partial charge on any atom is 0.165 e. The van der Waals surface area contributed by atoms with E-state index >= 15 is 0 Å². The van der Waals surface area contributed by atoms with Crippen LogP contribution in [0.2, 0.25) is 0 Å². The zero-order valence-corrected chi connectivity index (χ0v) is 18.9. The molecule has 0 spiro atoms. The van der Waals surface area contributed by atoms with Crippen molar-refractivity contribution in [1.29, 1.82) is 0 Å². The van der Waals surface area contributed by atoms with Crippen LogP contribution in [0.3, 0.4) is 0 Å². The molecule has 156 valence electrons. The Morgan fingerprint density at radius 1 is 1.27 bits per heavy atom. The van der Waals surface area contributed by atoms with E-state index in [1.165, 1.54) is 0 Å². The fourth-order valence-corrected chi connectivity index (χ4v) is 4.31. The molecule has 0 radical (unpaired) electrons. The summed E-state index contributed by atoms with van der Waals surface area (Å²) < 4.78 is 7.71. The molecular weight excluding hydrogens is 444 g/mol. The summed E-state index contributed by atoms with van der Waals surface area (Å²) in [7, 11) is 1.72. The van der Waals surface area contributed by atoms with Gasteiger partial charge in [0.05, 0.1) is 34.5 Å². The third-order valence-corrected chi connectivity index (χ3v) is 6.29. The smallest absolute Gasteiger partial charge is 0.165 e. The van der Waals surface area contributed by atoms with Crippen LogP contribution in [0, 0.1) is 0 Å². The van der Waals surface area contributed by atoms with E-state index < -0.39 is 0 Å². The molecule has 0 aliphatic rings. The predicted octanol–water partition coefficient (Wildman–Crippen LogP) is 4.32. The van der Waals surface area contributed by atoms with Crippen molar-refractivity contribution in [3.8, 4) is 11.1 Å². The molecule has 2 N–H and O–H groups in total. The monoisotopic (exact) mass is 468 g/mol. The van der Waals surface area contributed by atoms with Crippen LogP contribution in [0.15, 0.2) is 47.2 Å². The molecule has 4 rings (SSSR count). The summed E-state index contributed by atoms with van der Waals surface area (Å²) in [6, 6.07) is 10.2. The van der Waals surface area contributed by atoms with Crippen molar-refractivity contribution in [3.05, 3.63) is 52.9 Å². The van der Waals surface area contributed by atoms with E-state index in [-0.39, 0.29) is 6.04 Å². The molecule has 4 aromatic rings. The van der Waals surface area contributed by atoms with Gasteiger partial charge in [0.1, 0.15) is 5.82 Å². The van der Waals surface area contributed by atoms with Crippen molar-refractivity contribution in [2.24, 2.45) is 0 Å². The molecule has 0 saturated heterocycles. The van der Waals surface area contributed by atoms with Crippen molar-refractivity contribution in [2.75, 3.05) is 32.5 Å². The third kappa shape index (κ3) is 3.66. The van der Waals surface area contributed by atoms with Gasteiger partial charge in [0.2, 0.25) is 0 Å². The van der Waals surface area contributed by atoms with Crippen LogP contribution in [0.1, 0.15) is 25.6 Å². The average Bonchev–Trinajstić information content (AvgIpc) is 3.20. The Kier molecular flexibility index (Phi) is 5.99. The fraction of sp³-hybridized carbons (Fsp3) is 0.318. The summed E-state index contributed by atoms with van der Waals surface area (Å²) in [5, 5.41) is 5.56. The van der Waals surface area contributed by atoms with Crippen molar-refractivity contribution in [3.63, 3.8) is 0 Å². The third-order valence-electron chi connectivity index (χ3n) is 5.48. The Bertz CT molecular complexity index is 1190. The first-order valence-electron chi connectivity index (χ1n) is 9.95. The minimum Gasteiger partial charge on any atom is -0.383 e. The number of fused-ring (bicyclic) bond motifs is 2. The van der Waals surface area contributed by atoms with Gasteiger partial charge in [0, 0.05) is 36.4 Å². The van der Waals surface area contributed by atoms with E-state index in [0.29, 0.717) is 12.4 Å². The quantitative estimate of drug-likeness (QED) is 0.434. The molecule has 8 heteroatoms. The number of nitrogens with zero attached hydrogens (tertiary/aromatic N) is 5. The number of likely N-dealkylation sites (N-methyl/N-ethyl adjacent to an activating group) is 1. The average molecular weight is 469 g/mol. The van der Waals surface area contributed by atoms with E-state index in [1.807, 2.05) is 24.4 Å². The van der Waals surface area contributed by atoms with Gasteiger partial charge in [0.25, 0.3) is 0 Å². The molecule has 0 fully saturated rings. The maximum atomic E-state index is 6.44. The number of aromatic nitrogens is 4. The van der Waals surface area contributed by atoms with Crippen LogP contribution in [0.25, 0.3) is 27.7 Å². The minimum absolute atomic E-state index is 0.0595. The first kappa shape index (κ1) is 20.7. The van der Waals surface area contributed by atoms with Crippen LogP contribution >= 0.6 is 15.9 Å². The van der Waals surface area contributed by atoms with Gasteiger partial charge in [-0.2, -0.15) is 9.61 Å². The fourth-order valence-electron chi connectivity index (χ4n) is 3.72. The summed E-state index contributed by atoms with van der Waals surface area (Å²) in [6.45, 7) is 6.62. The molecule has 3 aromatic heterocycles. The van der Waals surface area contributed by atoms with Crippen molar-refractivity contribution >= 4 is 38.3 Å². The highest BCUT2D eigenvalue weighted by atomic mass is 79.9. The molecular formula is C22H25BrN6O. The second-order valence-electron chi connectivity index (χ2n) is 7.20. The van der Waals surface area contributed by atoms with Gasteiger partial charge >= 0.3 is 0 Å². The minimum atomic E-state index is 0.0595. The van der Waals surface area contributed by atoms with Gasteiger partial charge in [-0.1, -0.05) is 25.1 Å². The van der Waals surface area contributed by atoms with Gasteiger partial charge in [-0.05, 0) is 41.5 Å². The first-order chi connectivity index (χ1) is 14.5. The van der Waals surface area contributed by atoms with Crippen LogP contribution in [0.5, 0.6) is 0 Å². The molecule has 1 atom stereocenters. The number of rotatable bonds is 7. The molecule has 0 aliphatic carbocycles. The highest BCUT2D eigenvalue weighted by molar-refractivity contribution is 9.10. The maximum absolute atomic E-state index is 6.44. The molecule has 1 aromatic carbocycles. The number of nitrogens with two attached hydrogens (primary N) is 1. The molecule has 1 unspecified atom stereocenters. The summed E-state index contributed by atoms with van der Waals surface area (Å²) >= 11 is 3.65. The van der Waals surface area contributed by atoms with Crippen LogP contribution in [-0.4, -0.2) is 51.3 Å². The largest absolute Gasteiger partial charge is 0.383 e. The Labute approximate surface area is 184 Å². The highest BCUT2D eigenvalue weighted by Gasteiger charge is 2.23. The number of pyridine rings is 1. The summed E-state index contributed by atoms with van der Waals surface area (Å²) in [5.74, 6) is 0.532. The van der Waals surface area contributed by atoms with Gasteiger partial charge in [-0.15, -0.1) is 0 Å². The first-order valence-corrected chi connectivity index (χ1v) is 10.7. The second kappa shape index (κ2) is 8.67. The SMILES string of the molecule is CCN(CCOC)C(C)c1nc2c(-c3cnc4ccccc4c3)cnn2c(N)c1Br. The Morgan fingerprint density at radius 2 is 2.07 bits per heavy atom. The molecule has 0 bridgehead atoms. The Balaban J connectivity index is 1.83. The lowest BCUT2D eigenvalue weighted by atomic mass is 10.1. The standard InChI is InChI=1S/C22H25BrN6O/c1-4-28(9-10-30-3)14(2)20-19(23)21(24)29-22(27-20)17(13-26-29)16-11-15-7-5-6-8-18(15)25-12-16/h5-8,11-14H,4,9-10,24H2,1-3H3. The lowest BCUT2D eigenvalue weighted by Crippen LogP contribution is -2.31. The summed E-state index contributed by atoms with van der Waals surface area (Å²) in [6.07, 6.45) is 3.66. The number of benzene rings is 1. The number of ether oxygens (including phenoxy) is 1. The van der Waals surface area contributed by atoms with E-state index in [4.69, 9.17) is 15.5 Å². The van der Waals surface area contributed by atoms with Crippen LogP contribution in [-0.2, 0) is 4.74 Å². The van der Waals surface area contributed by atoms with E-state index in [2.05, 4.69) is 56.9 Å². The van der Waals surface area contributed by atoms with Gasteiger partial charge < -0.3 is 10.5 Å². The van der Waals surface area contributed by atoms with Gasteiger partial charge in [0.15, 0.2) is 5.65 Å². The van der Waals surface area contributed by atoms with Gasteiger partial charge in [-0.3, -0.25) is 9.88 Å². The number of methoxy groups -OCH3 is 1.